The first-order valence-corrected chi connectivity index (χ1v) is 13.2. The van der Waals surface area contributed by atoms with Crippen molar-refractivity contribution in [2.75, 3.05) is 51.8 Å². The highest BCUT2D eigenvalue weighted by Crippen LogP contribution is 2.49. The van der Waals surface area contributed by atoms with Crippen molar-refractivity contribution in [3.8, 4) is 0 Å². The van der Waals surface area contributed by atoms with Crippen LogP contribution in [0.1, 0.15) is 66.2 Å². The van der Waals surface area contributed by atoms with Gasteiger partial charge in [-0.25, -0.2) is 4.79 Å². The van der Waals surface area contributed by atoms with E-state index in [9.17, 15) is 4.79 Å². The molecule has 5 nitrogen and oxygen atoms in total. The Labute approximate surface area is 188 Å². The number of rotatable bonds is 9. The minimum Gasteiger partial charge on any atom is -0.449 e. The van der Waals surface area contributed by atoms with Crippen LogP contribution in [0.3, 0.4) is 0 Å². The van der Waals surface area contributed by atoms with Crippen LogP contribution in [0.4, 0.5) is 4.79 Å². The monoisotopic (exact) mass is 440 g/mol. The van der Waals surface area contributed by atoms with Gasteiger partial charge < -0.3 is 14.4 Å². The van der Waals surface area contributed by atoms with Crippen LogP contribution < -0.4 is 0 Å². The number of amides is 1. The van der Waals surface area contributed by atoms with Crippen molar-refractivity contribution < 1.29 is 14.3 Å². The molecule has 0 radical (unpaired) electrons. The number of ether oxygens (including phenoxy) is 2. The Bertz CT molecular complexity index is 523. The summed E-state index contributed by atoms with van der Waals surface area (Å²) in [6, 6.07) is 0. The molecule has 0 aromatic heterocycles. The lowest BCUT2D eigenvalue weighted by Crippen LogP contribution is -2.40. The molecule has 2 heterocycles. The van der Waals surface area contributed by atoms with Crippen LogP contribution in [0, 0.1) is 29.1 Å². The van der Waals surface area contributed by atoms with Gasteiger partial charge in [0.1, 0.15) is 0 Å². The van der Waals surface area contributed by atoms with E-state index in [1.807, 2.05) is 16.8 Å². The number of carbonyl (C=O) groups is 1. The number of hydrogen-bond acceptors (Lipinski definition) is 5. The highest BCUT2D eigenvalue weighted by atomic mass is 32.2. The van der Waals surface area contributed by atoms with Crippen LogP contribution >= 0.6 is 11.9 Å². The minimum atomic E-state index is -0.122. The third-order valence-electron chi connectivity index (χ3n) is 6.88. The van der Waals surface area contributed by atoms with Crippen molar-refractivity contribution in [1.82, 2.24) is 9.21 Å². The molecular weight excluding hydrogens is 396 g/mol. The molecule has 0 aromatic rings. The van der Waals surface area contributed by atoms with Crippen LogP contribution in [0.5, 0.6) is 0 Å². The number of carbonyl (C=O) groups excluding carboxylic acids is 1. The van der Waals surface area contributed by atoms with E-state index < -0.39 is 0 Å². The highest BCUT2D eigenvalue weighted by Gasteiger charge is 2.43. The van der Waals surface area contributed by atoms with Gasteiger partial charge in [0, 0.05) is 45.1 Å². The third-order valence-corrected chi connectivity index (χ3v) is 7.87. The fourth-order valence-electron chi connectivity index (χ4n) is 4.93. The van der Waals surface area contributed by atoms with Crippen molar-refractivity contribution >= 4 is 18.0 Å². The molecule has 1 aliphatic carbocycles. The second-order valence-electron chi connectivity index (χ2n) is 10.8. The normalized spacial score (nSPS) is 26.7. The smallest absolute Gasteiger partial charge is 0.409 e. The van der Waals surface area contributed by atoms with Crippen molar-refractivity contribution in [2.45, 2.75) is 66.2 Å². The molecule has 0 spiro atoms. The van der Waals surface area contributed by atoms with Crippen LogP contribution in [-0.2, 0) is 9.47 Å². The summed E-state index contributed by atoms with van der Waals surface area (Å²) in [5.74, 6) is 4.47. The summed E-state index contributed by atoms with van der Waals surface area (Å²) >= 11 is 1.98. The Balaban J connectivity index is 1.22. The lowest BCUT2D eigenvalue weighted by atomic mass is 9.90. The van der Waals surface area contributed by atoms with Gasteiger partial charge in [0.15, 0.2) is 0 Å². The lowest BCUT2D eigenvalue weighted by molar-refractivity contribution is 0.0593. The quantitative estimate of drug-likeness (QED) is 0.359. The van der Waals surface area contributed by atoms with E-state index >= 15 is 0 Å². The summed E-state index contributed by atoms with van der Waals surface area (Å²) < 4.78 is 14.1. The molecule has 2 unspecified atom stereocenters. The third kappa shape index (κ3) is 7.90. The standard InChI is InChI=1S/C24H44N2O3S/c1-5-30-26-13-6-19(7-14-26)17-28-15-10-21-16-22(21)20-8-11-25(12-9-20)23(27)29-18-24(2,3)4/h19-22H,5-18H2,1-4H3. The lowest BCUT2D eigenvalue weighted by Gasteiger charge is -2.32. The molecule has 6 heteroatoms. The molecule has 174 valence electrons. The molecule has 2 aliphatic heterocycles. The average molecular weight is 441 g/mol. The topological polar surface area (TPSA) is 42.0 Å². The highest BCUT2D eigenvalue weighted by molar-refractivity contribution is 7.96. The first-order chi connectivity index (χ1) is 14.4. The number of hydrogen-bond donors (Lipinski definition) is 0. The van der Waals surface area contributed by atoms with Crippen molar-refractivity contribution in [2.24, 2.45) is 29.1 Å². The maximum absolute atomic E-state index is 12.2. The van der Waals surface area contributed by atoms with Crippen molar-refractivity contribution in [3.63, 3.8) is 0 Å². The van der Waals surface area contributed by atoms with Crippen LogP contribution in [0.25, 0.3) is 0 Å². The molecule has 0 aromatic carbocycles. The Morgan fingerprint density at radius 3 is 2.40 bits per heavy atom. The van der Waals surface area contributed by atoms with Crippen LogP contribution in [-0.4, -0.2) is 67.1 Å². The molecular formula is C24H44N2O3S. The summed E-state index contributed by atoms with van der Waals surface area (Å²) in [7, 11) is 0. The zero-order chi connectivity index (χ0) is 21.6. The first-order valence-electron chi connectivity index (χ1n) is 12.2. The molecule has 1 saturated carbocycles. The van der Waals surface area contributed by atoms with Gasteiger partial charge in [-0.15, -0.1) is 0 Å². The number of likely N-dealkylation sites (tertiary alicyclic amines) is 1. The van der Waals surface area contributed by atoms with Gasteiger partial charge in [-0.1, -0.05) is 39.6 Å². The molecule has 3 rings (SSSR count). The molecule has 0 N–H and O–H groups in total. The van der Waals surface area contributed by atoms with Gasteiger partial charge in [-0.3, -0.25) is 4.31 Å². The molecule has 2 atom stereocenters. The first kappa shape index (κ1) is 24.2. The molecule has 0 bridgehead atoms. The second kappa shape index (κ2) is 11.4. The van der Waals surface area contributed by atoms with E-state index in [0.717, 1.165) is 62.8 Å². The van der Waals surface area contributed by atoms with E-state index in [1.54, 1.807) is 0 Å². The van der Waals surface area contributed by atoms with E-state index in [0.29, 0.717) is 6.61 Å². The van der Waals surface area contributed by atoms with E-state index in [4.69, 9.17) is 9.47 Å². The Morgan fingerprint density at radius 1 is 1.07 bits per heavy atom. The number of nitrogens with zero attached hydrogens (tertiary/aromatic N) is 2. The van der Waals surface area contributed by atoms with E-state index in [1.165, 1.54) is 44.5 Å². The van der Waals surface area contributed by atoms with Gasteiger partial charge in [-0.2, -0.15) is 0 Å². The zero-order valence-electron chi connectivity index (χ0n) is 19.7. The fraction of sp³-hybridized carbons (Fsp3) is 0.958. The minimum absolute atomic E-state index is 0.0305. The van der Waals surface area contributed by atoms with Gasteiger partial charge >= 0.3 is 6.09 Å². The Morgan fingerprint density at radius 2 is 1.77 bits per heavy atom. The van der Waals surface area contributed by atoms with Gasteiger partial charge in [-0.05, 0) is 67.6 Å². The summed E-state index contributed by atoms with van der Waals surface area (Å²) in [6.07, 6.45) is 7.33. The predicted octanol–water partition coefficient (Wildman–Crippen LogP) is 5.30. The van der Waals surface area contributed by atoms with Gasteiger partial charge in [0.2, 0.25) is 0 Å². The molecule has 3 aliphatic rings. The van der Waals surface area contributed by atoms with Crippen LogP contribution in [0.15, 0.2) is 0 Å². The SMILES string of the molecule is CCSN1CCC(COCCC2CC2C2CCN(C(=O)OCC(C)(C)C)CC2)CC1. The average Bonchev–Trinajstić information content (AvgIpc) is 3.50. The van der Waals surface area contributed by atoms with Gasteiger partial charge in [0.25, 0.3) is 0 Å². The predicted molar refractivity (Wildman–Crippen MR) is 125 cm³/mol. The molecule has 1 amide bonds. The molecule has 3 fully saturated rings. The summed E-state index contributed by atoms with van der Waals surface area (Å²) in [5.41, 5.74) is 0.0305. The summed E-state index contributed by atoms with van der Waals surface area (Å²) in [6.45, 7) is 15.1. The largest absolute Gasteiger partial charge is 0.449 e. The molecule has 2 saturated heterocycles. The Hall–Kier alpha value is -0.460. The number of piperidine rings is 2. The molecule has 30 heavy (non-hydrogen) atoms. The fourth-order valence-corrected chi connectivity index (χ4v) is 5.77. The Kier molecular flexibility index (Phi) is 9.21. The van der Waals surface area contributed by atoms with E-state index in [-0.39, 0.29) is 11.5 Å². The van der Waals surface area contributed by atoms with E-state index in [2.05, 4.69) is 32.0 Å². The summed E-state index contributed by atoms with van der Waals surface area (Å²) in [4.78, 5) is 14.1. The maximum Gasteiger partial charge on any atom is 0.409 e. The van der Waals surface area contributed by atoms with Crippen molar-refractivity contribution in [1.29, 1.82) is 0 Å². The maximum atomic E-state index is 12.2. The van der Waals surface area contributed by atoms with Crippen LogP contribution in [0.2, 0.25) is 0 Å². The van der Waals surface area contributed by atoms with Gasteiger partial charge in [0.05, 0.1) is 6.61 Å². The zero-order valence-corrected chi connectivity index (χ0v) is 20.6. The van der Waals surface area contributed by atoms with Crippen molar-refractivity contribution in [3.05, 3.63) is 0 Å². The summed E-state index contributed by atoms with van der Waals surface area (Å²) in [5, 5.41) is 0. The second-order valence-corrected chi connectivity index (χ2v) is 12.1.